The summed E-state index contributed by atoms with van der Waals surface area (Å²) in [6.45, 7) is 8.41. The van der Waals surface area contributed by atoms with Crippen LogP contribution in [0, 0.1) is 5.92 Å². The molecule has 0 bridgehead atoms. The molecule has 2 unspecified atom stereocenters. The topological polar surface area (TPSA) is 17.1 Å². The molecule has 21 heavy (non-hydrogen) atoms. The van der Waals surface area contributed by atoms with Gasteiger partial charge in [-0.1, -0.05) is 55.8 Å². The minimum atomic E-state index is 0.126. The summed E-state index contributed by atoms with van der Waals surface area (Å²) in [7, 11) is 0. The van der Waals surface area contributed by atoms with Crippen LogP contribution in [0.15, 0.2) is 47.6 Å². The molecule has 1 heteroatoms. The van der Waals surface area contributed by atoms with Crippen molar-refractivity contribution in [3.05, 3.63) is 58.7 Å². The van der Waals surface area contributed by atoms with Crippen LogP contribution in [0.1, 0.15) is 68.8 Å². The second-order valence-electron chi connectivity index (χ2n) is 6.35. The lowest BCUT2D eigenvalue weighted by atomic mass is 9.83. The smallest absolute Gasteiger partial charge is 0.159 e. The van der Waals surface area contributed by atoms with Gasteiger partial charge >= 0.3 is 0 Å². The summed E-state index contributed by atoms with van der Waals surface area (Å²) in [6.07, 6.45) is 8.49. The minimum absolute atomic E-state index is 0.126. The van der Waals surface area contributed by atoms with E-state index in [1.54, 1.807) is 12.5 Å². The molecule has 1 aromatic carbocycles. The molecule has 1 aromatic rings. The van der Waals surface area contributed by atoms with Crippen molar-refractivity contribution in [1.29, 1.82) is 0 Å². The molecule has 0 saturated heterocycles. The van der Waals surface area contributed by atoms with E-state index in [4.69, 9.17) is 0 Å². The molecule has 0 amide bonds. The van der Waals surface area contributed by atoms with Crippen LogP contribution in [0.3, 0.4) is 0 Å². The highest BCUT2D eigenvalue weighted by Crippen LogP contribution is 2.31. The summed E-state index contributed by atoms with van der Waals surface area (Å²) >= 11 is 0. The predicted molar refractivity (Wildman–Crippen MR) is 89.7 cm³/mol. The third-order valence-corrected chi connectivity index (χ3v) is 4.62. The summed E-state index contributed by atoms with van der Waals surface area (Å²) in [4.78, 5) is 11.3. The average molecular weight is 282 g/mol. The fourth-order valence-electron chi connectivity index (χ4n) is 3.08. The van der Waals surface area contributed by atoms with Gasteiger partial charge in [-0.15, -0.1) is 0 Å². The first-order valence-corrected chi connectivity index (χ1v) is 7.97. The van der Waals surface area contributed by atoms with E-state index >= 15 is 0 Å². The van der Waals surface area contributed by atoms with Gasteiger partial charge in [-0.25, -0.2) is 0 Å². The molecular weight excluding hydrogens is 256 g/mol. The molecule has 0 fully saturated rings. The van der Waals surface area contributed by atoms with Gasteiger partial charge < -0.3 is 0 Å². The van der Waals surface area contributed by atoms with E-state index in [9.17, 15) is 4.79 Å². The quantitative estimate of drug-likeness (QED) is 0.649. The SMILES string of the molecule is CC(=O)c1ccc(C(C)/C=C/C2=C(C)CCCC2C)cc1. The molecule has 0 aliphatic heterocycles. The molecule has 0 aromatic heterocycles. The lowest BCUT2D eigenvalue weighted by Gasteiger charge is -2.22. The Morgan fingerprint density at radius 1 is 1.29 bits per heavy atom. The molecule has 0 radical (unpaired) electrons. The van der Waals surface area contributed by atoms with Gasteiger partial charge in [0.2, 0.25) is 0 Å². The third-order valence-electron chi connectivity index (χ3n) is 4.62. The fraction of sp³-hybridized carbons (Fsp3) is 0.450. The first-order chi connectivity index (χ1) is 9.99. The van der Waals surface area contributed by atoms with Crippen molar-refractivity contribution >= 4 is 5.78 Å². The molecule has 112 valence electrons. The predicted octanol–water partition coefficient (Wildman–Crippen LogP) is 5.69. The van der Waals surface area contributed by atoms with Crippen molar-refractivity contribution in [1.82, 2.24) is 0 Å². The average Bonchev–Trinajstić information content (AvgIpc) is 2.46. The Labute approximate surface area is 128 Å². The molecule has 1 nitrogen and oxygen atoms in total. The number of hydrogen-bond acceptors (Lipinski definition) is 1. The van der Waals surface area contributed by atoms with Crippen LogP contribution in [0.25, 0.3) is 0 Å². The lowest BCUT2D eigenvalue weighted by molar-refractivity contribution is 0.101. The molecule has 2 atom stereocenters. The largest absolute Gasteiger partial charge is 0.295 e. The molecule has 0 spiro atoms. The number of carbonyl (C=O) groups excluding carboxylic acids is 1. The van der Waals surface area contributed by atoms with Crippen LogP contribution in [-0.2, 0) is 0 Å². The number of rotatable bonds is 4. The fourth-order valence-corrected chi connectivity index (χ4v) is 3.08. The van der Waals surface area contributed by atoms with Gasteiger partial charge in [0, 0.05) is 5.56 Å². The second-order valence-corrected chi connectivity index (χ2v) is 6.35. The summed E-state index contributed by atoms with van der Waals surface area (Å²) in [5.74, 6) is 1.18. The van der Waals surface area contributed by atoms with Crippen LogP contribution in [0.2, 0.25) is 0 Å². The van der Waals surface area contributed by atoms with Crippen LogP contribution >= 0.6 is 0 Å². The normalized spacial score (nSPS) is 20.9. The number of ketones is 1. The monoisotopic (exact) mass is 282 g/mol. The molecule has 0 N–H and O–H groups in total. The van der Waals surface area contributed by atoms with E-state index in [0.717, 1.165) is 5.56 Å². The standard InChI is InChI=1S/C20H26O/c1-14(18-9-11-19(12-10-18)17(4)21)8-13-20-15(2)6-5-7-16(20)3/h8-15H,5-7H2,1-4H3/b13-8+. The van der Waals surface area contributed by atoms with Crippen LogP contribution < -0.4 is 0 Å². The van der Waals surface area contributed by atoms with Crippen LogP contribution in [0.4, 0.5) is 0 Å². The van der Waals surface area contributed by atoms with E-state index < -0.39 is 0 Å². The van der Waals surface area contributed by atoms with Gasteiger partial charge in [0.05, 0.1) is 0 Å². The van der Waals surface area contributed by atoms with Gasteiger partial charge in [-0.2, -0.15) is 0 Å². The zero-order valence-electron chi connectivity index (χ0n) is 13.6. The van der Waals surface area contributed by atoms with Crippen molar-refractivity contribution in [3.63, 3.8) is 0 Å². The van der Waals surface area contributed by atoms with Crippen LogP contribution in [0.5, 0.6) is 0 Å². The minimum Gasteiger partial charge on any atom is -0.295 e. The third kappa shape index (κ3) is 3.93. The van der Waals surface area contributed by atoms with Crippen molar-refractivity contribution in [2.45, 2.75) is 52.9 Å². The lowest BCUT2D eigenvalue weighted by Crippen LogP contribution is -2.06. The van der Waals surface area contributed by atoms with Gasteiger partial charge in [-0.05, 0) is 56.1 Å². The molecule has 2 rings (SSSR count). The maximum Gasteiger partial charge on any atom is 0.159 e. The Balaban J connectivity index is 2.11. The van der Waals surface area contributed by atoms with Gasteiger partial charge in [-0.3, -0.25) is 4.79 Å². The number of carbonyl (C=O) groups is 1. The van der Waals surface area contributed by atoms with E-state index in [-0.39, 0.29) is 5.78 Å². The highest BCUT2D eigenvalue weighted by Gasteiger charge is 2.15. The summed E-state index contributed by atoms with van der Waals surface area (Å²) in [6, 6.07) is 7.99. The zero-order valence-corrected chi connectivity index (χ0v) is 13.6. The summed E-state index contributed by atoms with van der Waals surface area (Å²) < 4.78 is 0. The van der Waals surface area contributed by atoms with Crippen molar-refractivity contribution in [3.8, 4) is 0 Å². The Bertz CT molecular complexity index is 560. The molecule has 1 aliphatic rings. The van der Waals surface area contributed by atoms with E-state index in [1.165, 1.54) is 30.4 Å². The number of hydrogen-bond donors (Lipinski definition) is 0. The van der Waals surface area contributed by atoms with E-state index in [0.29, 0.717) is 11.8 Å². The number of Topliss-reactive ketones (excluding diaryl/α,β-unsaturated/α-hetero) is 1. The highest BCUT2D eigenvalue weighted by molar-refractivity contribution is 5.94. The summed E-state index contributed by atoms with van der Waals surface area (Å²) in [5, 5.41) is 0. The maximum absolute atomic E-state index is 11.3. The van der Waals surface area contributed by atoms with Crippen molar-refractivity contribution in [2.24, 2.45) is 5.92 Å². The molecular formula is C20H26O. The Hall–Kier alpha value is -1.63. The Morgan fingerprint density at radius 3 is 2.52 bits per heavy atom. The van der Waals surface area contributed by atoms with E-state index in [1.807, 2.05) is 12.1 Å². The Morgan fingerprint density at radius 2 is 1.95 bits per heavy atom. The Kier molecular flexibility index (Phi) is 5.17. The van der Waals surface area contributed by atoms with Gasteiger partial charge in [0.1, 0.15) is 0 Å². The molecule has 1 aliphatic carbocycles. The van der Waals surface area contributed by atoms with Gasteiger partial charge in [0.15, 0.2) is 5.78 Å². The maximum atomic E-state index is 11.3. The number of benzene rings is 1. The van der Waals surface area contributed by atoms with Crippen molar-refractivity contribution < 1.29 is 4.79 Å². The number of allylic oxidation sites excluding steroid dienone is 4. The van der Waals surface area contributed by atoms with Crippen molar-refractivity contribution in [2.75, 3.05) is 0 Å². The molecule has 0 heterocycles. The first-order valence-electron chi connectivity index (χ1n) is 7.97. The summed E-state index contributed by atoms with van der Waals surface area (Å²) in [5.41, 5.74) is 5.12. The first kappa shape index (κ1) is 15.8. The van der Waals surface area contributed by atoms with Gasteiger partial charge in [0.25, 0.3) is 0 Å². The molecule has 0 saturated carbocycles. The zero-order chi connectivity index (χ0) is 15.4. The highest BCUT2D eigenvalue weighted by atomic mass is 16.1. The second kappa shape index (κ2) is 6.89. The van der Waals surface area contributed by atoms with Crippen LogP contribution in [-0.4, -0.2) is 5.78 Å². The van der Waals surface area contributed by atoms with E-state index in [2.05, 4.69) is 45.1 Å².